The summed E-state index contributed by atoms with van der Waals surface area (Å²) in [4.78, 5) is 8.22. The molecule has 8 atom stereocenters. The molecule has 0 aliphatic carbocycles. The maximum atomic E-state index is 9.65. The first-order chi connectivity index (χ1) is 34.1. The van der Waals surface area contributed by atoms with Gasteiger partial charge in [0.2, 0.25) is 0 Å². The van der Waals surface area contributed by atoms with Gasteiger partial charge in [-0.15, -0.1) is 0 Å². The zero-order valence-corrected chi connectivity index (χ0v) is 72.6. The molecule has 0 radical (unpaired) electrons. The maximum absolute atomic E-state index is 9.65. The number of aliphatic hydroxyl groups excluding tert-OH is 8. The van der Waals surface area contributed by atoms with Crippen molar-refractivity contribution in [1.82, 2.24) is 40.9 Å². The van der Waals surface area contributed by atoms with Crippen molar-refractivity contribution < 1.29 is 416 Å². The standard InChI is InChI=1S/C9H21NO.3C8H19NO.3C7H17NO.C6H15NO.8Yb/c1-6-10(5)7-8(11)9(2,3)4;1-8(2,3)7(10)6-9(4)5;1-5-9-6-7(10)8(2,3)4;1-5-9(4)6-8(10)7(2)3;1-7(2,3)6(9)5-8-4;1-6(2)7(9)5-8(3)4;1-4-8-5-7(9)6(2)3;1-5(2)6(8)4-7-3;;;;;;;;/h8,11H,6-7H2,1-5H3;7,10H,6H2,1-5H3;7,9-10H,5-6H2,1-4H3;7-8,10H,5-6H2,1-4H3;6,8-9H,5H2,1-4H3;6-7,9H,5H2,1-4H3;6-9H,4-5H2,1-3H3;5-8H,4H2,1-3H3;;;;;;;;. The number of likely N-dealkylation sites (N-methyl/N-ethyl adjacent to an activating group) is 8. The summed E-state index contributed by atoms with van der Waals surface area (Å²) in [5.41, 5.74) is 0.0128. The third kappa shape index (κ3) is 109. The quantitative estimate of drug-likeness (QED) is 0.0512. The Labute approximate surface area is 833 Å². The van der Waals surface area contributed by atoms with E-state index in [1.807, 2.05) is 198 Å². The molecule has 0 aromatic carbocycles. The molecule has 0 aliphatic rings. The summed E-state index contributed by atoms with van der Waals surface area (Å²) in [6.07, 6.45) is -1.69. The molecule has 16 nitrogen and oxygen atoms in total. The van der Waals surface area contributed by atoms with Crippen molar-refractivity contribution in [3.63, 3.8) is 0 Å². The van der Waals surface area contributed by atoms with Crippen LogP contribution in [-0.4, -0.2) is 244 Å². The van der Waals surface area contributed by atoms with Crippen LogP contribution in [0.3, 0.4) is 0 Å². The molecule has 8 unspecified atom stereocenters. The number of nitrogens with zero attached hydrogens (tertiary/aromatic N) is 4. The van der Waals surface area contributed by atoms with Crippen LogP contribution in [0.4, 0.5) is 0 Å². The van der Waals surface area contributed by atoms with E-state index in [9.17, 15) is 35.7 Å². The van der Waals surface area contributed by atoms with Crippen molar-refractivity contribution >= 4 is 0 Å². The molecule has 0 spiro atoms. The van der Waals surface area contributed by atoms with Crippen LogP contribution < -0.4 is 21.3 Å². The van der Waals surface area contributed by atoms with Crippen molar-refractivity contribution in [1.29, 1.82) is 0 Å². The molecule has 0 rings (SSSR count). The van der Waals surface area contributed by atoms with E-state index >= 15 is 0 Å². The van der Waals surface area contributed by atoms with Gasteiger partial charge in [-0.3, -0.25) is 0 Å². The summed E-state index contributed by atoms with van der Waals surface area (Å²) in [6.45, 7) is 58.6. The third-order valence-electron chi connectivity index (χ3n) is 12.2. The van der Waals surface area contributed by atoms with Gasteiger partial charge in [0.1, 0.15) is 0 Å². The van der Waals surface area contributed by atoms with Gasteiger partial charge in [0, 0.05) is 428 Å². The smallest absolute Gasteiger partial charge is 0.0715 e. The zero-order chi connectivity index (χ0) is 62.6. The van der Waals surface area contributed by atoms with Crippen molar-refractivity contribution in [3.05, 3.63) is 0 Å². The Hall–Kier alpha value is 11.5. The van der Waals surface area contributed by atoms with Crippen LogP contribution in [0.15, 0.2) is 0 Å². The van der Waals surface area contributed by atoms with Crippen molar-refractivity contribution in [3.8, 4) is 0 Å². The summed E-state index contributed by atoms with van der Waals surface area (Å²) in [7, 11) is 15.6. The fourth-order valence-corrected chi connectivity index (χ4v) is 4.62. The van der Waals surface area contributed by atoms with Gasteiger partial charge in [0.05, 0.1) is 48.8 Å². The molecular weight excluding hydrogens is 2350 g/mol. The van der Waals surface area contributed by atoms with Crippen LogP contribution in [0.1, 0.15) is 166 Å². The molecule has 0 saturated carbocycles. The van der Waals surface area contributed by atoms with E-state index in [0.717, 1.165) is 52.4 Å². The molecule has 0 aromatic heterocycles. The largest absolute Gasteiger partial charge is 0.392 e. The SMILES string of the molecule is CC(C)C(O)CN(C)C.CCN(C)CC(O)C(C)(C)C.CCN(C)CC(O)C(C)C.CCNCC(O)C(C)(C)C.CCNCC(O)C(C)C.CN(C)CC(O)C(C)(C)C.CNCC(O)C(C)(C)C.CNCC(O)C(C)C.[Yb].[Yb].[Yb].[Yb].[Yb].[Yb].[Yb].[Yb]. The van der Waals surface area contributed by atoms with Crippen LogP contribution in [0.25, 0.3) is 0 Å². The number of rotatable bonds is 24. The predicted molar refractivity (Wildman–Crippen MR) is 334 cm³/mol. The molecular formula is C60H144N8O8Yb8. The predicted octanol–water partition coefficient (Wildman–Crippen LogP) is 6.27. The van der Waals surface area contributed by atoms with E-state index < -0.39 is 0 Å². The summed E-state index contributed by atoms with van der Waals surface area (Å²) < 4.78 is 0. The van der Waals surface area contributed by atoms with E-state index in [0.29, 0.717) is 49.9 Å². The van der Waals surface area contributed by atoms with Gasteiger partial charge >= 0.3 is 0 Å². The molecule has 0 aliphatic heterocycles. The topological polar surface area (TPSA) is 223 Å². The molecule has 584 valence electrons. The summed E-state index contributed by atoms with van der Waals surface area (Å²) in [6, 6.07) is 0. The van der Waals surface area contributed by atoms with Gasteiger partial charge in [-0.05, 0) is 128 Å². The minimum absolute atomic E-state index is 0. The number of hydrogen-bond acceptors (Lipinski definition) is 16. The Morgan fingerprint density at radius 2 is 0.548 bits per heavy atom. The average molecular weight is 2490 g/mol. The van der Waals surface area contributed by atoms with E-state index in [1.165, 1.54) is 0 Å². The molecule has 24 heteroatoms. The minimum atomic E-state index is -0.248. The van der Waals surface area contributed by atoms with Crippen LogP contribution in [0.5, 0.6) is 0 Å². The molecule has 0 aromatic rings. The second-order valence-corrected chi connectivity index (χ2v) is 26.7. The zero-order valence-electron chi connectivity index (χ0n) is 58.9. The second-order valence-electron chi connectivity index (χ2n) is 26.7. The van der Waals surface area contributed by atoms with Gasteiger partial charge in [-0.2, -0.15) is 0 Å². The summed E-state index contributed by atoms with van der Waals surface area (Å²) >= 11 is 0. The van der Waals surface area contributed by atoms with Crippen molar-refractivity contribution in [2.45, 2.75) is 215 Å². The van der Waals surface area contributed by atoms with E-state index in [4.69, 9.17) is 5.11 Å². The van der Waals surface area contributed by atoms with Crippen LogP contribution in [0, 0.1) is 421 Å². The Morgan fingerprint density at radius 3 is 0.738 bits per heavy atom. The first-order valence-corrected chi connectivity index (χ1v) is 29.0. The second kappa shape index (κ2) is 83.5. The van der Waals surface area contributed by atoms with E-state index in [2.05, 4.69) is 65.7 Å². The van der Waals surface area contributed by atoms with Crippen LogP contribution in [0.2, 0.25) is 0 Å². The van der Waals surface area contributed by atoms with Gasteiger partial charge in [-0.1, -0.05) is 166 Å². The number of aliphatic hydroxyl groups is 8. The Morgan fingerprint density at radius 1 is 0.310 bits per heavy atom. The Kier molecular flexibility index (Phi) is 134. The summed E-state index contributed by atoms with van der Waals surface area (Å²) in [5, 5.41) is 86.8. The van der Waals surface area contributed by atoms with Crippen molar-refractivity contribution in [2.75, 3.05) is 135 Å². The maximum Gasteiger partial charge on any atom is 0.0715 e. The molecule has 0 bridgehead atoms. The van der Waals surface area contributed by atoms with E-state index in [1.54, 1.807) is 0 Å². The van der Waals surface area contributed by atoms with E-state index in [-0.39, 0.29) is 446 Å². The minimum Gasteiger partial charge on any atom is -0.392 e. The molecule has 0 amide bonds. The first-order valence-electron chi connectivity index (χ1n) is 29.0. The average Bonchev–Trinajstić information content (AvgIpc) is 3.27. The molecule has 0 heterocycles. The molecule has 0 saturated heterocycles. The normalized spacial score (nSPS) is 13.7. The monoisotopic (exact) mass is 2500 g/mol. The first kappa shape index (κ1) is 135. The molecule has 12 N–H and O–H groups in total. The van der Waals surface area contributed by atoms with Crippen LogP contribution in [-0.2, 0) is 0 Å². The fraction of sp³-hybridized carbons (Fsp3) is 1.00. The third-order valence-corrected chi connectivity index (χ3v) is 12.2. The Bertz CT molecular complexity index is 1200. The Balaban J connectivity index is -0.0000000444. The number of nitrogens with one attached hydrogen (secondary N) is 4. The van der Waals surface area contributed by atoms with Crippen molar-refractivity contribution in [2.24, 2.45) is 45.3 Å². The summed E-state index contributed by atoms with van der Waals surface area (Å²) in [5.74, 6) is 1.47. The number of hydrogen-bond donors (Lipinski definition) is 12. The van der Waals surface area contributed by atoms with Gasteiger partial charge < -0.3 is 81.7 Å². The fourth-order valence-electron chi connectivity index (χ4n) is 4.62. The molecule has 84 heavy (non-hydrogen) atoms. The van der Waals surface area contributed by atoms with Gasteiger partial charge in [-0.25, -0.2) is 0 Å². The molecule has 0 fully saturated rings. The van der Waals surface area contributed by atoms with Crippen LogP contribution >= 0.6 is 0 Å². The van der Waals surface area contributed by atoms with Gasteiger partial charge in [0.15, 0.2) is 0 Å². The van der Waals surface area contributed by atoms with Gasteiger partial charge in [0.25, 0.3) is 0 Å².